The van der Waals surface area contributed by atoms with E-state index in [1.165, 1.54) is 0 Å². The first kappa shape index (κ1) is 13.1. The summed E-state index contributed by atoms with van der Waals surface area (Å²) in [6.07, 6.45) is 0.228. The molecule has 0 aliphatic rings. The van der Waals surface area contributed by atoms with Gasteiger partial charge in [-0.1, -0.05) is 25.1 Å². The first-order chi connectivity index (χ1) is 8.48. The Hall–Kier alpha value is -1.39. The van der Waals surface area contributed by atoms with Crippen molar-refractivity contribution >= 4 is 10.9 Å². The highest BCUT2D eigenvalue weighted by molar-refractivity contribution is 5.81. The molecule has 0 saturated heterocycles. The molecule has 3 N–H and O–H groups in total. The Bertz CT molecular complexity index is 547. The summed E-state index contributed by atoms with van der Waals surface area (Å²) < 4.78 is 1.88. The Morgan fingerprint density at radius 3 is 2.72 bits per heavy atom. The summed E-state index contributed by atoms with van der Waals surface area (Å²) in [5, 5.41) is 15.6. The first-order valence-electron chi connectivity index (χ1n) is 6.26. The maximum Gasteiger partial charge on any atom is 0.0710 e. The highest BCUT2D eigenvalue weighted by atomic mass is 16.3. The van der Waals surface area contributed by atoms with E-state index in [1.54, 1.807) is 6.92 Å². The van der Waals surface area contributed by atoms with E-state index in [2.05, 4.69) is 11.2 Å². The van der Waals surface area contributed by atoms with Gasteiger partial charge in [0.2, 0.25) is 0 Å². The van der Waals surface area contributed by atoms with Crippen molar-refractivity contribution in [1.82, 2.24) is 9.78 Å². The molecule has 4 heteroatoms. The predicted octanol–water partition coefficient (Wildman–Crippen LogP) is 1.46. The van der Waals surface area contributed by atoms with Crippen molar-refractivity contribution in [2.45, 2.75) is 26.4 Å². The number of rotatable bonds is 4. The number of nitrogens with zero attached hydrogens (tertiary/aromatic N) is 2. The van der Waals surface area contributed by atoms with Crippen molar-refractivity contribution in [2.24, 2.45) is 18.2 Å². The van der Waals surface area contributed by atoms with Gasteiger partial charge in [-0.05, 0) is 13.0 Å². The van der Waals surface area contributed by atoms with Crippen molar-refractivity contribution in [3.05, 3.63) is 30.0 Å². The number of hydrogen-bond donors (Lipinski definition) is 2. The number of para-hydroxylation sites is 1. The monoisotopic (exact) mass is 247 g/mol. The van der Waals surface area contributed by atoms with Gasteiger partial charge >= 0.3 is 0 Å². The zero-order chi connectivity index (χ0) is 13.3. The summed E-state index contributed by atoms with van der Waals surface area (Å²) in [5.74, 6) is 0. The third-order valence-corrected chi connectivity index (χ3v) is 3.88. The van der Waals surface area contributed by atoms with E-state index in [0.717, 1.165) is 16.6 Å². The van der Waals surface area contributed by atoms with Crippen molar-refractivity contribution < 1.29 is 5.11 Å². The summed E-state index contributed by atoms with van der Waals surface area (Å²) >= 11 is 0. The molecular formula is C14H21N3O. The Kier molecular flexibility index (Phi) is 3.41. The number of hydrogen-bond acceptors (Lipinski definition) is 3. The number of aliphatic hydroxyl groups excluding tert-OH is 1. The van der Waals surface area contributed by atoms with Gasteiger partial charge in [-0.25, -0.2) is 0 Å². The van der Waals surface area contributed by atoms with Gasteiger partial charge in [-0.2, -0.15) is 5.10 Å². The lowest BCUT2D eigenvalue weighted by Gasteiger charge is -2.30. The molecule has 0 aliphatic heterocycles. The van der Waals surface area contributed by atoms with Gasteiger partial charge in [-0.15, -0.1) is 0 Å². The average Bonchev–Trinajstić information content (AvgIpc) is 2.66. The van der Waals surface area contributed by atoms with Crippen LogP contribution < -0.4 is 5.73 Å². The molecule has 18 heavy (non-hydrogen) atoms. The normalized spacial score (nSPS) is 16.7. The summed E-state index contributed by atoms with van der Waals surface area (Å²) in [4.78, 5) is 0. The zero-order valence-corrected chi connectivity index (χ0v) is 11.2. The van der Waals surface area contributed by atoms with Crippen molar-refractivity contribution in [1.29, 1.82) is 0 Å². The van der Waals surface area contributed by atoms with E-state index in [1.807, 2.05) is 36.9 Å². The molecule has 2 rings (SSSR count). The quantitative estimate of drug-likeness (QED) is 0.859. The SMILES string of the molecule is CC(O)C(C)(CN)Cc1nn(C)c2ccccc12. The van der Waals surface area contributed by atoms with Gasteiger partial charge in [0.15, 0.2) is 0 Å². The van der Waals surface area contributed by atoms with Crippen LogP contribution in [0.2, 0.25) is 0 Å². The number of aryl methyl sites for hydroxylation is 1. The molecule has 2 unspecified atom stereocenters. The summed E-state index contributed by atoms with van der Waals surface area (Å²) in [7, 11) is 1.94. The molecule has 2 aromatic rings. The van der Waals surface area contributed by atoms with Gasteiger partial charge in [0.25, 0.3) is 0 Å². The van der Waals surface area contributed by atoms with Crippen LogP contribution in [0, 0.1) is 5.41 Å². The predicted molar refractivity (Wildman–Crippen MR) is 73.3 cm³/mol. The molecule has 2 atom stereocenters. The van der Waals surface area contributed by atoms with Crippen molar-refractivity contribution in [3.63, 3.8) is 0 Å². The van der Waals surface area contributed by atoms with E-state index < -0.39 is 6.10 Å². The summed E-state index contributed by atoms with van der Waals surface area (Å²) in [6, 6.07) is 8.13. The second kappa shape index (κ2) is 4.71. The van der Waals surface area contributed by atoms with E-state index in [0.29, 0.717) is 13.0 Å². The maximum atomic E-state index is 9.90. The van der Waals surface area contributed by atoms with Crippen LogP contribution in [0.1, 0.15) is 19.5 Å². The highest BCUT2D eigenvalue weighted by Gasteiger charge is 2.30. The topological polar surface area (TPSA) is 64.1 Å². The molecule has 1 aromatic carbocycles. The van der Waals surface area contributed by atoms with E-state index in [-0.39, 0.29) is 5.41 Å². The minimum absolute atomic E-state index is 0.336. The minimum Gasteiger partial charge on any atom is -0.393 e. The molecule has 0 saturated carbocycles. The van der Waals surface area contributed by atoms with Crippen LogP contribution in [-0.2, 0) is 13.5 Å². The van der Waals surface area contributed by atoms with Gasteiger partial charge in [-0.3, -0.25) is 4.68 Å². The molecule has 0 bridgehead atoms. The molecule has 98 valence electrons. The van der Waals surface area contributed by atoms with Crippen LogP contribution in [-0.4, -0.2) is 27.5 Å². The standard InChI is InChI=1S/C14H21N3O/c1-10(18)14(2,9-15)8-12-11-6-4-5-7-13(11)17(3)16-12/h4-7,10,18H,8-9,15H2,1-3H3. The molecule has 0 spiro atoms. The number of fused-ring (bicyclic) bond motifs is 1. The Balaban J connectivity index is 2.43. The Morgan fingerprint density at radius 1 is 1.44 bits per heavy atom. The molecule has 0 radical (unpaired) electrons. The van der Waals surface area contributed by atoms with Crippen LogP contribution in [0.5, 0.6) is 0 Å². The van der Waals surface area contributed by atoms with Crippen molar-refractivity contribution in [3.8, 4) is 0 Å². The van der Waals surface area contributed by atoms with E-state index in [4.69, 9.17) is 5.73 Å². The van der Waals surface area contributed by atoms with E-state index >= 15 is 0 Å². The number of benzene rings is 1. The van der Waals surface area contributed by atoms with E-state index in [9.17, 15) is 5.11 Å². The van der Waals surface area contributed by atoms with Gasteiger partial charge in [0, 0.05) is 30.8 Å². The maximum absolute atomic E-state index is 9.90. The van der Waals surface area contributed by atoms with Gasteiger partial charge in [0.05, 0.1) is 17.3 Å². The number of aromatic nitrogens is 2. The minimum atomic E-state index is -0.455. The second-order valence-corrected chi connectivity index (χ2v) is 5.30. The Morgan fingerprint density at radius 2 is 2.11 bits per heavy atom. The lowest BCUT2D eigenvalue weighted by molar-refractivity contribution is 0.0583. The van der Waals surface area contributed by atoms with Crippen LogP contribution >= 0.6 is 0 Å². The van der Waals surface area contributed by atoms with Crippen LogP contribution in [0.4, 0.5) is 0 Å². The fourth-order valence-electron chi connectivity index (χ4n) is 2.19. The largest absolute Gasteiger partial charge is 0.393 e. The fourth-order valence-corrected chi connectivity index (χ4v) is 2.19. The number of nitrogens with two attached hydrogens (primary N) is 1. The summed E-state index contributed by atoms with van der Waals surface area (Å²) in [5.41, 5.74) is 7.59. The molecule has 0 fully saturated rings. The lowest BCUT2D eigenvalue weighted by atomic mass is 9.80. The Labute approximate surface area is 107 Å². The first-order valence-corrected chi connectivity index (χ1v) is 6.26. The molecule has 1 heterocycles. The molecule has 1 aromatic heterocycles. The lowest BCUT2D eigenvalue weighted by Crippen LogP contribution is -2.39. The smallest absolute Gasteiger partial charge is 0.0710 e. The summed E-state index contributed by atoms with van der Waals surface area (Å²) in [6.45, 7) is 4.23. The average molecular weight is 247 g/mol. The van der Waals surface area contributed by atoms with Gasteiger partial charge in [0.1, 0.15) is 0 Å². The molecular weight excluding hydrogens is 226 g/mol. The van der Waals surface area contributed by atoms with Crippen LogP contribution in [0.15, 0.2) is 24.3 Å². The molecule has 4 nitrogen and oxygen atoms in total. The third-order valence-electron chi connectivity index (χ3n) is 3.88. The van der Waals surface area contributed by atoms with Crippen LogP contribution in [0.25, 0.3) is 10.9 Å². The van der Waals surface area contributed by atoms with Crippen LogP contribution in [0.3, 0.4) is 0 Å². The molecule has 0 aliphatic carbocycles. The fraction of sp³-hybridized carbons (Fsp3) is 0.500. The number of aliphatic hydroxyl groups is 1. The zero-order valence-electron chi connectivity index (χ0n) is 11.2. The molecule has 0 amide bonds. The van der Waals surface area contributed by atoms with Gasteiger partial charge < -0.3 is 10.8 Å². The highest BCUT2D eigenvalue weighted by Crippen LogP contribution is 2.28. The third kappa shape index (κ3) is 2.13. The second-order valence-electron chi connectivity index (χ2n) is 5.30. The van der Waals surface area contributed by atoms with Crippen molar-refractivity contribution in [2.75, 3.05) is 6.54 Å².